The van der Waals surface area contributed by atoms with Gasteiger partial charge in [0, 0.05) is 31.3 Å². The summed E-state index contributed by atoms with van der Waals surface area (Å²) < 4.78 is 4.87. The first-order valence-corrected chi connectivity index (χ1v) is 7.24. The Morgan fingerprint density at radius 2 is 2.24 bits per heavy atom. The summed E-state index contributed by atoms with van der Waals surface area (Å²) in [6.07, 6.45) is 1.68. The number of amides is 1. The number of methoxy groups -OCH3 is 1. The van der Waals surface area contributed by atoms with Gasteiger partial charge in [-0.3, -0.25) is 4.79 Å². The van der Waals surface area contributed by atoms with Crippen molar-refractivity contribution < 1.29 is 9.53 Å². The van der Waals surface area contributed by atoms with E-state index in [1.54, 1.807) is 18.2 Å². The largest absolute Gasteiger partial charge is 0.381 e. The van der Waals surface area contributed by atoms with Crippen LogP contribution in [0.3, 0.4) is 0 Å². The van der Waals surface area contributed by atoms with Crippen molar-refractivity contribution in [2.45, 2.75) is 18.9 Å². The minimum Gasteiger partial charge on any atom is -0.381 e. The van der Waals surface area contributed by atoms with Crippen molar-refractivity contribution in [1.29, 1.82) is 5.26 Å². The van der Waals surface area contributed by atoms with E-state index in [4.69, 9.17) is 21.6 Å². The molecule has 0 atom stereocenters. The Balaban J connectivity index is 1.94. The maximum absolute atomic E-state index is 11.7. The van der Waals surface area contributed by atoms with Crippen molar-refractivity contribution in [1.82, 2.24) is 4.90 Å². The van der Waals surface area contributed by atoms with Gasteiger partial charge in [-0.05, 0) is 31.0 Å². The number of nitrogens with one attached hydrogen (secondary N) is 1. The summed E-state index contributed by atoms with van der Waals surface area (Å²) >= 11 is 5.97. The molecule has 112 valence electrons. The molecule has 0 bridgehead atoms. The van der Waals surface area contributed by atoms with Crippen molar-refractivity contribution >= 4 is 23.2 Å². The number of nitriles is 1. The molecule has 1 aliphatic rings. The highest BCUT2D eigenvalue weighted by atomic mass is 35.5. The first-order valence-electron chi connectivity index (χ1n) is 6.87. The molecular formula is C15H18ClN3O2. The number of hydrogen-bond acceptors (Lipinski definition) is 4. The van der Waals surface area contributed by atoms with Crippen molar-refractivity contribution in [3.05, 3.63) is 28.8 Å². The molecule has 0 aromatic heterocycles. The van der Waals surface area contributed by atoms with Gasteiger partial charge in [0.15, 0.2) is 0 Å². The lowest BCUT2D eigenvalue weighted by molar-refractivity contribution is -0.136. The molecular weight excluding hydrogens is 290 g/mol. The van der Waals surface area contributed by atoms with E-state index in [1.165, 1.54) is 7.11 Å². The number of piperidine rings is 1. The summed E-state index contributed by atoms with van der Waals surface area (Å²) in [6.45, 7) is 1.52. The third-order valence-corrected chi connectivity index (χ3v) is 3.81. The molecule has 1 amide bonds. The number of carbonyl (C=O) groups is 1. The Kier molecular flexibility index (Phi) is 5.43. The van der Waals surface area contributed by atoms with Crippen LogP contribution in [0, 0.1) is 11.3 Å². The van der Waals surface area contributed by atoms with Gasteiger partial charge in [0.1, 0.15) is 12.7 Å². The summed E-state index contributed by atoms with van der Waals surface area (Å²) in [4.78, 5) is 13.5. The fourth-order valence-electron chi connectivity index (χ4n) is 2.44. The fraction of sp³-hybridized carbons (Fsp3) is 0.467. The zero-order chi connectivity index (χ0) is 15.2. The molecule has 0 saturated carbocycles. The molecule has 6 heteroatoms. The smallest absolute Gasteiger partial charge is 0.248 e. The van der Waals surface area contributed by atoms with E-state index in [0.717, 1.165) is 18.5 Å². The molecule has 1 saturated heterocycles. The van der Waals surface area contributed by atoms with E-state index in [9.17, 15) is 4.79 Å². The monoisotopic (exact) mass is 307 g/mol. The number of halogens is 1. The number of likely N-dealkylation sites (tertiary alicyclic amines) is 1. The highest BCUT2D eigenvalue weighted by molar-refractivity contribution is 6.30. The van der Waals surface area contributed by atoms with Gasteiger partial charge < -0.3 is 15.0 Å². The lowest BCUT2D eigenvalue weighted by Crippen LogP contribution is -2.43. The number of benzene rings is 1. The van der Waals surface area contributed by atoms with E-state index in [-0.39, 0.29) is 18.6 Å². The van der Waals surface area contributed by atoms with E-state index in [0.29, 0.717) is 23.7 Å². The third kappa shape index (κ3) is 4.10. The Morgan fingerprint density at radius 1 is 1.52 bits per heavy atom. The third-order valence-electron chi connectivity index (χ3n) is 3.58. The molecule has 5 nitrogen and oxygen atoms in total. The zero-order valence-electron chi connectivity index (χ0n) is 11.9. The van der Waals surface area contributed by atoms with Crippen LogP contribution in [-0.2, 0) is 9.53 Å². The maximum Gasteiger partial charge on any atom is 0.248 e. The Morgan fingerprint density at radius 3 is 2.86 bits per heavy atom. The van der Waals surface area contributed by atoms with Crippen LogP contribution in [0.2, 0.25) is 5.02 Å². The number of nitrogens with zero attached hydrogens (tertiary/aromatic N) is 2. The molecule has 1 fully saturated rings. The number of anilines is 1. The normalized spacial score (nSPS) is 15.6. The first kappa shape index (κ1) is 15.6. The molecule has 0 spiro atoms. The Hall–Kier alpha value is -1.77. The molecule has 1 aromatic rings. The molecule has 1 N–H and O–H groups in total. The van der Waals surface area contributed by atoms with Crippen LogP contribution >= 0.6 is 11.6 Å². The van der Waals surface area contributed by atoms with E-state index in [1.807, 2.05) is 4.90 Å². The first-order chi connectivity index (χ1) is 10.1. The number of rotatable bonds is 4. The molecule has 0 radical (unpaired) electrons. The summed E-state index contributed by atoms with van der Waals surface area (Å²) in [6, 6.07) is 7.57. The second-order valence-electron chi connectivity index (χ2n) is 5.03. The quantitative estimate of drug-likeness (QED) is 0.926. The zero-order valence-corrected chi connectivity index (χ0v) is 12.7. The van der Waals surface area contributed by atoms with Gasteiger partial charge in [-0.25, -0.2) is 0 Å². The highest BCUT2D eigenvalue weighted by Gasteiger charge is 2.23. The van der Waals surface area contributed by atoms with Crippen molar-refractivity contribution in [2.75, 3.05) is 32.1 Å². The highest BCUT2D eigenvalue weighted by Crippen LogP contribution is 2.23. The van der Waals surface area contributed by atoms with Gasteiger partial charge in [-0.1, -0.05) is 11.6 Å². The Bertz CT molecular complexity index is 548. The molecule has 0 unspecified atom stereocenters. The molecule has 1 aliphatic heterocycles. The number of ether oxygens (including phenoxy) is 1. The van der Waals surface area contributed by atoms with E-state index in [2.05, 4.69) is 11.4 Å². The van der Waals surface area contributed by atoms with E-state index >= 15 is 0 Å². The van der Waals surface area contributed by atoms with Gasteiger partial charge in [0.2, 0.25) is 5.91 Å². The summed E-state index contributed by atoms with van der Waals surface area (Å²) in [5, 5.41) is 13.1. The van der Waals surface area contributed by atoms with Crippen LogP contribution in [0.15, 0.2) is 18.2 Å². The van der Waals surface area contributed by atoms with Crippen molar-refractivity contribution in [2.24, 2.45) is 0 Å². The van der Waals surface area contributed by atoms with Crippen LogP contribution in [0.25, 0.3) is 0 Å². The van der Waals surface area contributed by atoms with Gasteiger partial charge in [0.25, 0.3) is 0 Å². The molecule has 2 rings (SSSR count). The predicted octanol–water partition coefficient (Wildman–Crippen LogP) is 2.26. The van der Waals surface area contributed by atoms with Crippen LogP contribution in [0.1, 0.15) is 18.4 Å². The average Bonchev–Trinajstić information content (AvgIpc) is 2.48. The van der Waals surface area contributed by atoms with Crippen LogP contribution in [0.4, 0.5) is 5.69 Å². The van der Waals surface area contributed by atoms with Gasteiger partial charge in [-0.2, -0.15) is 5.26 Å². The summed E-state index contributed by atoms with van der Waals surface area (Å²) in [5.74, 6) is 0.0245. The maximum atomic E-state index is 11.7. The minimum atomic E-state index is 0.0245. The van der Waals surface area contributed by atoms with Crippen LogP contribution in [-0.4, -0.2) is 43.7 Å². The summed E-state index contributed by atoms with van der Waals surface area (Å²) in [5.41, 5.74) is 1.34. The SMILES string of the molecule is COCC(=O)N1CCC(Nc2cc(Cl)ccc2C#N)CC1. The molecule has 1 aromatic carbocycles. The lowest BCUT2D eigenvalue weighted by atomic mass is 10.0. The van der Waals surface area contributed by atoms with Crippen LogP contribution < -0.4 is 5.32 Å². The molecule has 21 heavy (non-hydrogen) atoms. The second-order valence-corrected chi connectivity index (χ2v) is 5.47. The summed E-state index contributed by atoms with van der Waals surface area (Å²) in [7, 11) is 1.52. The van der Waals surface area contributed by atoms with Gasteiger partial charge in [-0.15, -0.1) is 0 Å². The molecule has 1 heterocycles. The van der Waals surface area contributed by atoms with Gasteiger partial charge in [0.05, 0.1) is 11.3 Å². The fourth-order valence-corrected chi connectivity index (χ4v) is 2.61. The van der Waals surface area contributed by atoms with Crippen molar-refractivity contribution in [3.63, 3.8) is 0 Å². The van der Waals surface area contributed by atoms with Gasteiger partial charge >= 0.3 is 0 Å². The average molecular weight is 308 g/mol. The molecule has 0 aliphatic carbocycles. The predicted molar refractivity (Wildman–Crippen MR) is 81.3 cm³/mol. The minimum absolute atomic E-state index is 0.0245. The Labute approximate surface area is 129 Å². The van der Waals surface area contributed by atoms with Crippen molar-refractivity contribution in [3.8, 4) is 6.07 Å². The topological polar surface area (TPSA) is 65.4 Å². The van der Waals surface area contributed by atoms with E-state index < -0.39 is 0 Å². The van der Waals surface area contributed by atoms with Crippen LogP contribution in [0.5, 0.6) is 0 Å². The number of hydrogen-bond donors (Lipinski definition) is 1. The standard InChI is InChI=1S/C15H18ClN3O2/c1-21-10-15(20)19-6-4-13(5-7-19)18-14-8-12(16)3-2-11(14)9-17/h2-3,8,13,18H,4-7,10H2,1H3. The lowest BCUT2D eigenvalue weighted by Gasteiger charge is -2.33. The second kappa shape index (κ2) is 7.30. The number of carbonyl (C=O) groups excluding carboxylic acids is 1.